The molecule has 2 aromatic rings. The quantitative estimate of drug-likeness (QED) is 0.734. The number of hydrogen-bond acceptors (Lipinski definition) is 2. The number of halogens is 4. The van der Waals surface area contributed by atoms with Gasteiger partial charge in [-0.05, 0) is 65.5 Å². The van der Waals surface area contributed by atoms with E-state index in [1.807, 2.05) is 6.07 Å². The van der Waals surface area contributed by atoms with Crippen molar-refractivity contribution in [3.63, 3.8) is 0 Å². The van der Waals surface area contributed by atoms with Gasteiger partial charge in [-0.2, -0.15) is 13.2 Å². The zero-order valence-corrected chi connectivity index (χ0v) is 13.3. The van der Waals surface area contributed by atoms with Crippen molar-refractivity contribution in [1.29, 1.82) is 0 Å². The number of nitrogens with one attached hydrogen (secondary N) is 1. The van der Waals surface area contributed by atoms with E-state index in [2.05, 4.69) is 27.9 Å². The van der Waals surface area contributed by atoms with Crippen LogP contribution in [0, 0.1) is 3.57 Å². The molecule has 0 fully saturated rings. The Labute approximate surface area is 134 Å². The van der Waals surface area contributed by atoms with E-state index in [9.17, 15) is 13.2 Å². The molecule has 112 valence electrons. The van der Waals surface area contributed by atoms with Crippen molar-refractivity contribution >= 4 is 22.6 Å². The lowest BCUT2D eigenvalue weighted by Crippen LogP contribution is -2.14. The summed E-state index contributed by atoms with van der Waals surface area (Å²) in [6, 6.07) is 11.1. The fourth-order valence-electron chi connectivity index (χ4n) is 1.89. The van der Waals surface area contributed by atoms with Crippen LogP contribution in [0.25, 0.3) is 0 Å². The van der Waals surface area contributed by atoms with Crippen LogP contribution in [-0.2, 0) is 12.7 Å². The lowest BCUT2D eigenvalue weighted by molar-refractivity contribution is -0.138. The molecule has 0 atom stereocenters. The van der Waals surface area contributed by atoms with Crippen LogP contribution in [-0.4, -0.2) is 7.05 Å². The molecule has 0 heterocycles. The second kappa shape index (κ2) is 6.65. The summed E-state index contributed by atoms with van der Waals surface area (Å²) in [5.74, 6) is 0.681. The highest BCUT2D eigenvalue weighted by molar-refractivity contribution is 14.1. The molecule has 6 heteroatoms. The van der Waals surface area contributed by atoms with Crippen LogP contribution in [0.2, 0.25) is 0 Å². The Bertz CT molecular complexity index is 629. The molecule has 0 saturated carbocycles. The molecular formula is C15H13F3INO. The van der Waals surface area contributed by atoms with E-state index in [-0.39, 0.29) is 17.9 Å². The zero-order chi connectivity index (χ0) is 15.5. The Morgan fingerprint density at radius 1 is 1.10 bits per heavy atom. The molecule has 0 aliphatic rings. The van der Waals surface area contributed by atoms with Gasteiger partial charge in [-0.1, -0.05) is 12.1 Å². The van der Waals surface area contributed by atoms with Gasteiger partial charge in [0, 0.05) is 10.1 Å². The third-order valence-electron chi connectivity index (χ3n) is 2.79. The SMILES string of the molecule is CNCc1ccc(Oc2cccc(I)c2)cc1C(F)(F)F. The normalized spacial score (nSPS) is 11.5. The minimum absolute atomic E-state index is 0.151. The molecule has 0 aliphatic carbocycles. The van der Waals surface area contributed by atoms with Gasteiger partial charge < -0.3 is 10.1 Å². The molecule has 2 nitrogen and oxygen atoms in total. The average Bonchev–Trinajstić information content (AvgIpc) is 2.39. The summed E-state index contributed by atoms with van der Waals surface area (Å²) in [5, 5.41) is 2.73. The first-order chi connectivity index (χ1) is 9.90. The van der Waals surface area contributed by atoms with Gasteiger partial charge in [-0.3, -0.25) is 0 Å². The van der Waals surface area contributed by atoms with Crippen molar-refractivity contribution in [2.45, 2.75) is 12.7 Å². The maximum absolute atomic E-state index is 13.1. The van der Waals surface area contributed by atoms with Gasteiger partial charge in [0.25, 0.3) is 0 Å². The minimum atomic E-state index is -4.41. The summed E-state index contributed by atoms with van der Waals surface area (Å²) >= 11 is 2.12. The molecule has 0 spiro atoms. The first-order valence-corrected chi connectivity index (χ1v) is 7.26. The molecule has 0 aliphatic heterocycles. The average molecular weight is 407 g/mol. The van der Waals surface area contributed by atoms with Crippen molar-refractivity contribution in [2.75, 3.05) is 7.05 Å². The van der Waals surface area contributed by atoms with Crippen LogP contribution < -0.4 is 10.1 Å². The number of ether oxygens (including phenoxy) is 1. The Morgan fingerprint density at radius 2 is 1.81 bits per heavy atom. The van der Waals surface area contributed by atoms with Gasteiger partial charge >= 0.3 is 6.18 Å². The summed E-state index contributed by atoms with van der Waals surface area (Å²) in [6.07, 6.45) is -4.41. The highest BCUT2D eigenvalue weighted by atomic mass is 127. The molecule has 2 rings (SSSR count). The number of hydrogen-bond donors (Lipinski definition) is 1. The summed E-state index contributed by atoms with van der Waals surface area (Å²) < 4.78 is 45.7. The lowest BCUT2D eigenvalue weighted by atomic mass is 10.1. The van der Waals surface area contributed by atoms with E-state index in [1.165, 1.54) is 6.07 Å². The second-order valence-corrected chi connectivity index (χ2v) is 5.65. The van der Waals surface area contributed by atoms with Gasteiger partial charge in [0.2, 0.25) is 0 Å². The van der Waals surface area contributed by atoms with Crippen molar-refractivity contribution in [3.8, 4) is 11.5 Å². The first kappa shape index (κ1) is 16.1. The maximum atomic E-state index is 13.1. The van der Waals surface area contributed by atoms with Crippen LogP contribution in [0.15, 0.2) is 42.5 Å². The summed E-state index contributed by atoms with van der Waals surface area (Å²) in [5.41, 5.74) is -0.486. The van der Waals surface area contributed by atoms with E-state index in [1.54, 1.807) is 31.3 Å². The van der Waals surface area contributed by atoms with Crippen molar-refractivity contribution in [2.24, 2.45) is 0 Å². The lowest BCUT2D eigenvalue weighted by Gasteiger charge is -2.15. The number of alkyl halides is 3. The van der Waals surface area contributed by atoms with Gasteiger partial charge in [0.15, 0.2) is 0 Å². The molecule has 0 unspecified atom stereocenters. The standard InChI is InChI=1S/C15H13F3INO/c1-20-9-10-5-6-13(8-14(10)15(16,17)18)21-12-4-2-3-11(19)7-12/h2-8,20H,9H2,1H3. The Kier molecular flexibility index (Phi) is 5.10. The molecule has 1 N–H and O–H groups in total. The fraction of sp³-hybridized carbons (Fsp3) is 0.200. The highest BCUT2D eigenvalue weighted by Gasteiger charge is 2.33. The van der Waals surface area contributed by atoms with Crippen molar-refractivity contribution in [1.82, 2.24) is 5.32 Å². The third kappa shape index (κ3) is 4.34. The highest BCUT2D eigenvalue weighted by Crippen LogP contribution is 2.35. The van der Waals surface area contributed by atoms with Gasteiger partial charge in [0.1, 0.15) is 11.5 Å². The first-order valence-electron chi connectivity index (χ1n) is 6.18. The maximum Gasteiger partial charge on any atom is 0.416 e. The van der Waals surface area contributed by atoms with Crippen LogP contribution in [0.4, 0.5) is 13.2 Å². The van der Waals surface area contributed by atoms with Crippen LogP contribution >= 0.6 is 22.6 Å². The largest absolute Gasteiger partial charge is 0.457 e. The van der Waals surface area contributed by atoms with E-state index in [0.29, 0.717) is 5.75 Å². The Balaban J connectivity index is 2.33. The second-order valence-electron chi connectivity index (χ2n) is 4.41. The van der Waals surface area contributed by atoms with E-state index in [0.717, 1.165) is 9.64 Å². The van der Waals surface area contributed by atoms with Gasteiger partial charge in [-0.15, -0.1) is 0 Å². The summed E-state index contributed by atoms with van der Waals surface area (Å²) in [7, 11) is 1.61. The minimum Gasteiger partial charge on any atom is -0.457 e. The van der Waals surface area contributed by atoms with E-state index < -0.39 is 11.7 Å². The van der Waals surface area contributed by atoms with E-state index in [4.69, 9.17) is 4.74 Å². The number of rotatable bonds is 4. The van der Waals surface area contributed by atoms with Crippen LogP contribution in [0.1, 0.15) is 11.1 Å². The molecule has 0 saturated heterocycles. The molecule has 0 aromatic heterocycles. The third-order valence-corrected chi connectivity index (χ3v) is 3.46. The van der Waals surface area contributed by atoms with Crippen LogP contribution in [0.3, 0.4) is 0 Å². The van der Waals surface area contributed by atoms with Gasteiger partial charge in [-0.25, -0.2) is 0 Å². The zero-order valence-electron chi connectivity index (χ0n) is 11.2. The summed E-state index contributed by atoms with van der Waals surface area (Å²) in [6.45, 7) is 0.151. The Hall–Kier alpha value is -1.28. The predicted molar refractivity (Wildman–Crippen MR) is 83.4 cm³/mol. The fourth-order valence-corrected chi connectivity index (χ4v) is 2.41. The summed E-state index contributed by atoms with van der Waals surface area (Å²) in [4.78, 5) is 0. The molecule has 2 aromatic carbocycles. The van der Waals surface area contributed by atoms with Crippen molar-refractivity contribution in [3.05, 3.63) is 57.2 Å². The van der Waals surface area contributed by atoms with Crippen LogP contribution in [0.5, 0.6) is 11.5 Å². The molecule has 21 heavy (non-hydrogen) atoms. The molecule has 0 amide bonds. The topological polar surface area (TPSA) is 21.3 Å². The Morgan fingerprint density at radius 3 is 2.43 bits per heavy atom. The molecular weight excluding hydrogens is 394 g/mol. The molecule has 0 bridgehead atoms. The van der Waals surface area contributed by atoms with Gasteiger partial charge in [0.05, 0.1) is 5.56 Å². The van der Waals surface area contributed by atoms with Crippen molar-refractivity contribution < 1.29 is 17.9 Å². The van der Waals surface area contributed by atoms with E-state index >= 15 is 0 Å². The molecule has 0 radical (unpaired) electrons. The predicted octanol–water partition coefficient (Wildman–Crippen LogP) is 4.82. The number of benzene rings is 2. The smallest absolute Gasteiger partial charge is 0.416 e. The monoisotopic (exact) mass is 407 g/mol.